The van der Waals surface area contributed by atoms with Crippen LogP contribution in [-0.2, 0) is 5.41 Å². The van der Waals surface area contributed by atoms with E-state index in [9.17, 15) is 0 Å². The van der Waals surface area contributed by atoms with Crippen molar-refractivity contribution in [2.24, 2.45) is 0 Å². The Morgan fingerprint density at radius 1 is 0.356 bits per heavy atom. The van der Waals surface area contributed by atoms with E-state index in [1.807, 2.05) is 0 Å². The lowest BCUT2D eigenvalue weighted by Gasteiger charge is -2.39. The maximum Gasteiger partial charge on any atom is 0.132 e. The summed E-state index contributed by atoms with van der Waals surface area (Å²) in [5, 5.41) is 4.04. The highest BCUT2D eigenvalue weighted by Crippen LogP contribution is 2.62. The third-order valence-corrected chi connectivity index (χ3v) is 11.7. The van der Waals surface area contributed by atoms with Crippen LogP contribution in [0.5, 0.6) is 11.5 Å². The lowest BCUT2D eigenvalue weighted by molar-refractivity contribution is 0.436. The Labute approximate surface area is 265 Å². The highest BCUT2D eigenvalue weighted by atomic mass is 31.1. The van der Waals surface area contributed by atoms with Crippen LogP contribution in [0.15, 0.2) is 176 Å². The van der Waals surface area contributed by atoms with Crippen LogP contribution in [0.25, 0.3) is 22.3 Å². The summed E-state index contributed by atoms with van der Waals surface area (Å²) < 4.78 is 6.67. The van der Waals surface area contributed by atoms with E-state index < -0.39 is 13.3 Å². The molecule has 0 fully saturated rings. The normalized spacial score (nSPS) is 13.4. The van der Waals surface area contributed by atoms with Crippen molar-refractivity contribution in [2.45, 2.75) is 5.41 Å². The molecule has 0 saturated carbocycles. The molecule has 9 rings (SSSR count). The monoisotopic (exact) mass is 592 g/mol. The number of fused-ring (bicyclic) bond motifs is 9. The average molecular weight is 593 g/mol. The summed E-state index contributed by atoms with van der Waals surface area (Å²) in [6.07, 6.45) is 0. The maximum absolute atomic E-state index is 6.67. The van der Waals surface area contributed by atoms with Crippen molar-refractivity contribution in [2.75, 3.05) is 0 Å². The second-order valence-corrected chi connectivity index (χ2v) is 13.9. The molecule has 7 aromatic carbocycles. The van der Waals surface area contributed by atoms with Crippen LogP contribution in [0.1, 0.15) is 22.3 Å². The topological polar surface area (TPSA) is 9.23 Å². The van der Waals surface area contributed by atoms with Crippen molar-refractivity contribution < 1.29 is 4.74 Å². The summed E-state index contributed by atoms with van der Waals surface area (Å²) in [5.74, 6) is 1.83. The molecule has 7 aromatic rings. The zero-order chi connectivity index (χ0) is 29.8. The molecule has 0 unspecified atom stereocenters. The van der Waals surface area contributed by atoms with Crippen LogP contribution in [0.3, 0.4) is 0 Å². The molecule has 0 N–H and O–H groups in total. The predicted molar refractivity (Wildman–Crippen MR) is 188 cm³/mol. The van der Waals surface area contributed by atoms with Crippen LogP contribution in [0.4, 0.5) is 0 Å². The first-order valence-corrected chi connectivity index (χ1v) is 16.8. The standard InChI is InChI=1S/C43H29OP/c1-3-15-32(16-4-1)45(33-17-5-2-6-18-33)34-19-13-14-30(28-34)31-26-27-42-40(29-31)43(39-24-11-12-25-41(39)44-42)37-22-9-7-20-35(37)36-21-8-10-23-38(36)43/h1-29H. The van der Waals surface area contributed by atoms with Crippen molar-refractivity contribution in [1.29, 1.82) is 0 Å². The van der Waals surface area contributed by atoms with Gasteiger partial charge in [-0.05, 0) is 81.5 Å². The molecule has 0 aromatic heterocycles. The smallest absolute Gasteiger partial charge is 0.132 e. The van der Waals surface area contributed by atoms with Gasteiger partial charge in [0.1, 0.15) is 11.5 Å². The van der Waals surface area contributed by atoms with E-state index in [1.54, 1.807) is 0 Å². The van der Waals surface area contributed by atoms with Gasteiger partial charge < -0.3 is 4.74 Å². The molecular weight excluding hydrogens is 563 g/mol. The molecule has 1 heterocycles. The zero-order valence-corrected chi connectivity index (χ0v) is 25.5. The molecular formula is C43H29OP. The van der Waals surface area contributed by atoms with Crippen LogP contribution in [0, 0.1) is 0 Å². The first kappa shape index (κ1) is 26.2. The number of rotatable bonds is 4. The molecule has 2 heteroatoms. The molecule has 212 valence electrons. The lowest BCUT2D eigenvalue weighted by atomic mass is 9.66. The fourth-order valence-corrected chi connectivity index (χ4v) is 9.80. The third kappa shape index (κ3) is 3.98. The second kappa shape index (κ2) is 10.4. The number of hydrogen-bond acceptors (Lipinski definition) is 1. The Balaban J connectivity index is 1.26. The molecule has 1 nitrogen and oxygen atoms in total. The molecule has 0 bridgehead atoms. The number of ether oxygens (including phenoxy) is 1. The summed E-state index contributed by atoms with van der Waals surface area (Å²) >= 11 is 0. The SMILES string of the molecule is c1ccc(P(c2ccccc2)c2cccc(-c3ccc4c(c3)C3(c5ccccc5O4)c4ccccc4-c4ccccc43)c2)cc1. The van der Waals surface area contributed by atoms with Gasteiger partial charge in [-0.25, -0.2) is 0 Å². The molecule has 1 aliphatic carbocycles. The fraction of sp³-hybridized carbons (Fsp3) is 0.0233. The number of hydrogen-bond donors (Lipinski definition) is 0. The van der Waals surface area contributed by atoms with E-state index >= 15 is 0 Å². The van der Waals surface area contributed by atoms with Crippen molar-refractivity contribution in [3.05, 3.63) is 198 Å². The Morgan fingerprint density at radius 3 is 1.53 bits per heavy atom. The summed E-state index contributed by atoms with van der Waals surface area (Å²) in [6.45, 7) is 0. The van der Waals surface area contributed by atoms with Crippen molar-refractivity contribution in [3.8, 4) is 33.8 Å². The maximum atomic E-state index is 6.67. The van der Waals surface area contributed by atoms with Gasteiger partial charge in [0.2, 0.25) is 0 Å². The minimum atomic E-state index is -0.706. The summed E-state index contributed by atoms with van der Waals surface area (Å²) in [7, 11) is -0.706. The molecule has 0 saturated heterocycles. The van der Waals surface area contributed by atoms with Gasteiger partial charge in [-0.2, -0.15) is 0 Å². The Hall–Kier alpha value is -5.23. The zero-order valence-electron chi connectivity index (χ0n) is 24.6. The minimum Gasteiger partial charge on any atom is -0.457 e. The van der Waals surface area contributed by atoms with Crippen LogP contribution >= 0.6 is 7.92 Å². The highest BCUT2D eigenvalue weighted by molar-refractivity contribution is 7.79. The molecule has 2 aliphatic rings. The van der Waals surface area contributed by atoms with Crippen LogP contribution in [0.2, 0.25) is 0 Å². The van der Waals surface area contributed by atoms with Crippen LogP contribution < -0.4 is 20.7 Å². The quantitative estimate of drug-likeness (QED) is 0.185. The lowest BCUT2D eigenvalue weighted by Crippen LogP contribution is -2.32. The predicted octanol–water partition coefficient (Wildman–Crippen LogP) is 9.58. The van der Waals surface area contributed by atoms with E-state index in [0.717, 1.165) is 11.5 Å². The van der Waals surface area contributed by atoms with E-state index in [0.29, 0.717) is 0 Å². The van der Waals surface area contributed by atoms with Gasteiger partial charge in [0.25, 0.3) is 0 Å². The van der Waals surface area contributed by atoms with Gasteiger partial charge in [-0.1, -0.05) is 152 Å². The van der Waals surface area contributed by atoms with E-state index in [2.05, 4.69) is 176 Å². The van der Waals surface area contributed by atoms with E-state index in [4.69, 9.17) is 4.74 Å². The third-order valence-electron chi connectivity index (χ3n) is 9.31. The van der Waals surface area contributed by atoms with E-state index in [-0.39, 0.29) is 0 Å². The van der Waals surface area contributed by atoms with Gasteiger partial charge in [-0.3, -0.25) is 0 Å². The van der Waals surface area contributed by atoms with Gasteiger partial charge in [0, 0.05) is 11.1 Å². The fourth-order valence-electron chi connectivity index (χ4n) is 7.46. The molecule has 1 spiro atoms. The molecule has 0 radical (unpaired) electrons. The van der Waals surface area contributed by atoms with Gasteiger partial charge >= 0.3 is 0 Å². The van der Waals surface area contributed by atoms with Gasteiger partial charge in [0.05, 0.1) is 5.41 Å². The molecule has 0 amide bonds. The summed E-state index contributed by atoms with van der Waals surface area (Å²) in [5.41, 5.74) is 9.52. The van der Waals surface area contributed by atoms with Gasteiger partial charge in [0.15, 0.2) is 0 Å². The van der Waals surface area contributed by atoms with Crippen molar-refractivity contribution >= 4 is 23.8 Å². The second-order valence-electron chi connectivity index (χ2n) is 11.7. The van der Waals surface area contributed by atoms with E-state index in [1.165, 1.54) is 60.4 Å². The first-order valence-electron chi connectivity index (χ1n) is 15.4. The van der Waals surface area contributed by atoms with Crippen LogP contribution in [-0.4, -0.2) is 0 Å². The minimum absolute atomic E-state index is 0.467. The molecule has 0 atom stereocenters. The molecule has 45 heavy (non-hydrogen) atoms. The molecule has 1 aliphatic heterocycles. The average Bonchev–Trinajstić information content (AvgIpc) is 3.40. The Kier molecular flexibility index (Phi) is 6.08. The summed E-state index contributed by atoms with van der Waals surface area (Å²) in [6, 6.07) is 64.1. The Bertz CT molecular complexity index is 2120. The first-order chi connectivity index (χ1) is 22.3. The largest absolute Gasteiger partial charge is 0.457 e. The highest BCUT2D eigenvalue weighted by Gasteiger charge is 2.50. The van der Waals surface area contributed by atoms with Gasteiger partial charge in [-0.15, -0.1) is 0 Å². The number of benzene rings is 7. The van der Waals surface area contributed by atoms with Crippen molar-refractivity contribution in [1.82, 2.24) is 0 Å². The summed E-state index contributed by atoms with van der Waals surface area (Å²) in [4.78, 5) is 0. The number of para-hydroxylation sites is 1. The van der Waals surface area contributed by atoms with Crippen molar-refractivity contribution in [3.63, 3.8) is 0 Å². The Morgan fingerprint density at radius 2 is 0.867 bits per heavy atom.